The van der Waals surface area contributed by atoms with Gasteiger partial charge in [-0.05, 0) is 52.2 Å². The lowest BCUT2D eigenvalue weighted by Gasteiger charge is -2.25. The average Bonchev–Trinajstić information content (AvgIpc) is 3.47. The zero-order valence-corrected chi connectivity index (χ0v) is 23.2. The summed E-state index contributed by atoms with van der Waals surface area (Å²) in [5.41, 5.74) is 2.85. The van der Waals surface area contributed by atoms with Crippen molar-refractivity contribution in [2.75, 3.05) is 13.2 Å². The second kappa shape index (κ2) is 13.0. The van der Waals surface area contributed by atoms with Gasteiger partial charge in [-0.1, -0.05) is 13.8 Å². The third kappa shape index (κ3) is 7.01. The molecule has 0 aromatic carbocycles. The number of aryl methyl sites for hydroxylation is 1. The molecule has 0 spiro atoms. The maximum absolute atomic E-state index is 13.4. The van der Waals surface area contributed by atoms with Crippen molar-refractivity contribution in [3.05, 3.63) is 41.5 Å². The zero-order chi connectivity index (χ0) is 28.7. The Morgan fingerprint density at radius 2 is 1.79 bits per heavy atom. The first kappa shape index (κ1) is 29.3. The number of H-pyrrole nitrogens is 1. The summed E-state index contributed by atoms with van der Waals surface area (Å²) in [6.07, 6.45) is 3.39. The van der Waals surface area contributed by atoms with Crippen LogP contribution in [-0.4, -0.2) is 68.8 Å². The summed E-state index contributed by atoms with van der Waals surface area (Å²) < 4.78 is 11.6. The fourth-order valence-electron chi connectivity index (χ4n) is 4.26. The molecule has 3 heterocycles. The molecule has 0 aliphatic rings. The normalized spacial score (nSPS) is 12.7. The first-order valence-corrected chi connectivity index (χ1v) is 13.0. The maximum atomic E-state index is 13.4. The summed E-state index contributed by atoms with van der Waals surface area (Å²) >= 11 is 0. The van der Waals surface area contributed by atoms with Crippen LogP contribution in [0.2, 0.25) is 0 Å². The molecule has 0 fully saturated rings. The number of pyridine rings is 1. The van der Waals surface area contributed by atoms with Gasteiger partial charge in [-0.2, -0.15) is 5.10 Å². The smallest absolute Gasteiger partial charge is 0.328 e. The van der Waals surface area contributed by atoms with Crippen LogP contribution >= 0.6 is 0 Å². The highest BCUT2D eigenvalue weighted by molar-refractivity contribution is 6.00. The highest BCUT2D eigenvalue weighted by atomic mass is 16.5. The highest BCUT2D eigenvalue weighted by Crippen LogP contribution is 2.21. The van der Waals surface area contributed by atoms with E-state index in [1.807, 2.05) is 12.1 Å². The zero-order valence-electron chi connectivity index (χ0n) is 23.2. The Balaban J connectivity index is 1.78. The lowest BCUT2D eigenvalue weighted by Crippen LogP contribution is -2.54. The van der Waals surface area contributed by atoms with E-state index in [4.69, 9.17) is 9.47 Å². The molecule has 210 valence electrons. The summed E-state index contributed by atoms with van der Waals surface area (Å²) in [5, 5.41) is 10.9. The molecule has 0 radical (unpaired) electrons. The summed E-state index contributed by atoms with van der Waals surface area (Å²) in [4.78, 5) is 58.4. The van der Waals surface area contributed by atoms with E-state index < -0.39 is 35.8 Å². The molecule has 12 nitrogen and oxygen atoms in total. The highest BCUT2D eigenvalue weighted by Gasteiger charge is 2.31. The molecule has 3 aromatic heterocycles. The first-order valence-electron chi connectivity index (χ1n) is 13.0. The molecule has 3 N–H and O–H groups in total. The number of hydrogen-bond acceptors (Lipinski definition) is 8. The monoisotopic (exact) mass is 540 g/mol. The molecule has 0 unspecified atom stereocenters. The van der Waals surface area contributed by atoms with E-state index in [9.17, 15) is 19.2 Å². The van der Waals surface area contributed by atoms with Gasteiger partial charge in [0.15, 0.2) is 0 Å². The van der Waals surface area contributed by atoms with Crippen LogP contribution in [0.5, 0.6) is 0 Å². The number of amides is 2. The molecule has 0 saturated heterocycles. The van der Waals surface area contributed by atoms with E-state index in [2.05, 4.69) is 25.7 Å². The van der Waals surface area contributed by atoms with E-state index in [0.717, 1.165) is 11.0 Å². The summed E-state index contributed by atoms with van der Waals surface area (Å²) in [6, 6.07) is 1.78. The SMILES string of the molecule is CCOC(=O)CC[C@@H](NC(=O)[C@@H](NC(=O)c1c(C)nn(-c2cnc3[nH]ccc3c2)c1C)C(C)C)C(=O)OCC. The first-order chi connectivity index (χ1) is 18.6. The van der Waals surface area contributed by atoms with Crippen LogP contribution in [0.25, 0.3) is 16.7 Å². The van der Waals surface area contributed by atoms with Gasteiger partial charge in [-0.3, -0.25) is 14.4 Å². The van der Waals surface area contributed by atoms with Gasteiger partial charge in [0.05, 0.1) is 42.0 Å². The minimum atomic E-state index is -1.07. The van der Waals surface area contributed by atoms with Gasteiger partial charge in [-0.15, -0.1) is 0 Å². The van der Waals surface area contributed by atoms with Crippen molar-refractivity contribution >= 4 is 34.8 Å². The largest absolute Gasteiger partial charge is 0.466 e. The standard InChI is InChI=1S/C27H36N6O6/c1-7-38-21(34)10-9-20(27(37)39-8-2)30-26(36)23(15(3)4)31-25(35)22-16(5)32-33(17(22)6)19-13-18-11-12-28-24(18)29-14-19/h11-15,20,23H,7-10H2,1-6H3,(H,28,29)(H,30,36)(H,31,35)/t20-,23+/m1/s1. The van der Waals surface area contributed by atoms with Crippen LogP contribution in [0.3, 0.4) is 0 Å². The van der Waals surface area contributed by atoms with Crippen molar-refractivity contribution in [3.63, 3.8) is 0 Å². The Morgan fingerprint density at radius 1 is 1.08 bits per heavy atom. The molecule has 0 saturated carbocycles. The molecule has 3 aromatic rings. The van der Waals surface area contributed by atoms with E-state index in [0.29, 0.717) is 22.6 Å². The van der Waals surface area contributed by atoms with Gasteiger partial charge in [-0.25, -0.2) is 14.5 Å². The van der Waals surface area contributed by atoms with Crippen LogP contribution < -0.4 is 10.6 Å². The predicted octanol–water partition coefficient (Wildman–Crippen LogP) is 2.51. The number of carbonyl (C=O) groups is 4. The number of nitrogens with one attached hydrogen (secondary N) is 3. The van der Waals surface area contributed by atoms with Gasteiger partial charge >= 0.3 is 11.9 Å². The van der Waals surface area contributed by atoms with Crippen molar-refractivity contribution in [2.45, 2.75) is 66.5 Å². The van der Waals surface area contributed by atoms with E-state index in [1.165, 1.54) is 0 Å². The number of rotatable bonds is 12. The topological polar surface area (TPSA) is 157 Å². The molecule has 0 bridgehead atoms. The summed E-state index contributed by atoms with van der Waals surface area (Å²) in [6.45, 7) is 10.7. The minimum absolute atomic E-state index is 0.00662. The minimum Gasteiger partial charge on any atom is -0.466 e. The lowest BCUT2D eigenvalue weighted by atomic mass is 10.0. The average molecular weight is 541 g/mol. The second-order valence-electron chi connectivity index (χ2n) is 9.42. The van der Waals surface area contributed by atoms with Crippen molar-refractivity contribution in [1.29, 1.82) is 0 Å². The molecule has 0 aliphatic heterocycles. The maximum Gasteiger partial charge on any atom is 0.328 e. The summed E-state index contributed by atoms with van der Waals surface area (Å²) in [7, 11) is 0. The van der Waals surface area contributed by atoms with Crippen LogP contribution in [-0.2, 0) is 23.9 Å². The van der Waals surface area contributed by atoms with Gasteiger partial charge in [0.1, 0.15) is 17.7 Å². The second-order valence-corrected chi connectivity index (χ2v) is 9.42. The molecule has 0 aliphatic carbocycles. The van der Waals surface area contributed by atoms with Crippen LogP contribution in [0, 0.1) is 19.8 Å². The van der Waals surface area contributed by atoms with Gasteiger partial charge in [0.2, 0.25) is 5.91 Å². The van der Waals surface area contributed by atoms with Crippen molar-refractivity contribution < 1.29 is 28.7 Å². The van der Waals surface area contributed by atoms with Gasteiger partial charge < -0.3 is 25.1 Å². The number of nitrogens with zero attached hydrogens (tertiary/aromatic N) is 3. The Kier molecular flexibility index (Phi) is 9.80. The number of carbonyl (C=O) groups excluding carboxylic acids is 4. The van der Waals surface area contributed by atoms with Crippen LogP contribution in [0.15, 0.2) is 24.5 Å². The third-order valence-corrected chi connectivity index (χ3v) is 6.21. The number of fused-ring (bicyclic) bond motifs is 1. The molecule has 3 rings (SSSR count). The Morgan fingerprint density at radius 3 is 2.46 bits per heavy atom. The van der Waals surface area contributed by atoms with Crippen LogP contribution in [0.1, 0.15) is 62.3 Å². The Labute approximate surface area is 226 Å². The fourth-order valence-corrected chi connectivity index (χ4v) is 4.26. The Hall–Kier alpha value is -4.22. The molecular formula is C27H36N6O6. The number of hydrogen-bond donors (Lipinski definition) is 3. The lowest BCUT2D eigenvalue weighted by molar-refractivity contribution is -0.149. The van der Waals surface area contributed by atoms with Gasteiger partial charge in [0.25, 0.3) is 5.91 Å². The molecule has 12 heteroatoms. The van der Waals surface area contributed by atoms with Crippen molar-refractivity contribution in [3.8, 4) is 5.69 Å². The van der Waals surface area contributed by atoms with Crippen LogP contribution in [0.4, 0.5) is 0 Å². The number of aromatic nitrogens is 4. The van der Waals surface area contributed by atoms with Crippen molar-refractivity contribution in [1.82, 2.24) is 30.4 Å². The quantitative estimate of drug-likeness (QED) is 0.296. The number of ether oxygens (including phenoxy) is 2. The van der Waals surface area contributed by atoms with Crippen molar-refractivity contribution in [2.24, 2.45) is 5.92 Å². The summed E-state index contributed by atoms with van der Waals surface area (Å²) in [5.74, 6) is -2.49. The molecular weight excluding hydrogens is 504 g/mol. The molecule has 2 atom stereocenters. The number of esters is 2. The van der Waals surface area contributed by atoms with E-state index >= 15 is 0 Å². The van der Waals surface area contributed by atoms with Gasteiger partial charge in [0, 0.05) is 18.0 Å². The fraction of sp³-hybridized carbons (Fsp3) is 0.481. The van der Waals surface area contributed by atoms with E-state index in [-0.39, 0.29) is 32.0 Å². The molecule has 39 heavy (non-hydrogen) atoms. The van der Waals surface area contributed by atoms with E-state index in [1.54, 1.807) is 58.6 Å². The number of aromatic amines is 1. The molecule has 2 amide bonds. The predicted molar refractivity (Wildman–Crippen MR) is 143 cm³/mol. The third-order valence-electron chi connectivity index (χ3n) is 6.21. The Bertz CT molecular complexity index is 1340.